The van der Waals surface area contributed by atoms with E-state index in [9.17, 15) is 14.4 Å². The van der Waals surface area contributed by atoms with Gasteiger partial charge in [0.25, 0.3) is 5.91 Å². The van der Waals surface area contributed by atoms with Crippen molar-refractivity contribution >= 4 is 23.4 Å². The van der Waals surface area contributed by atoms with Crippen molar-refractivity contribution in [3.8, 4) is 0 Å². The standard InChI is InChI=1S/C22H23N3O4/c26-20(24-29)13-10-18-7-4-14-25(22(18)28)15-16-8-11-19(12-9-16)23-21(27)17-5-2-1-3-6-17/h1-3,5-9,11-12,29H,4,10,13-15H2,(H,23,27)(H,24,26). The molecule has 3 amide bonds. The van der Waals surface area contributed by atoms with Gasteiger partial charge in [0.2, 0.25) is 11.8 Å². The predicted molar refractivity (Wildman–Crippen MR) is 108 cm³/mol. The Morgan fingerprint density at radius 3 is 2.45 bits per heavy atom. The fourth-order valence-electron chi connectivity index (χ4n) is 3.16. The number of hydroxylamine groups is 1. The third-order valence-corrected chi connectivity index (χ3v) is 4.72. The van der Waals surface area contributed by atoms with Crippen LogP contribution >= 0.6 is 0 Å². The van der Waals surface area contributed by atoms with Crippen LogP contribution in [-0.4, -0.2) is 34.4 Å². The Hall–Kier alpha value is -3.45. The summed E-state index contributed by atoms with van der Waals surface area (Å²) in [5.41, 5.74) is 4.39. The molecule has 0 fully saturated rings. The van der Waals surface area contributed by atoms with Crippen molar-refractivity contribution in [2.75, 3.05) is 11.9 Å². The minimum absolute atomic E-state index is 0.0672. The first-order valence-electron chi connectivity index (χ1n) is 9.43. The summed E-state index contributed by atoms with van der Waals surface area (Å²) in [6, 6.07) is 16.4. The summed E-state index contributed by atoms with van der Waals surface area (Å²) < 4.78 is 0. The predicted octanol–water partition coefficient (Wildman–Crippen LogP) is 2.88. The lowest BCUT2D eigenvalue weighted by Gasteiger charge is -2.27. The van der Waals surface area contributed by atoms with Gasteiger partial charge in [-0.15, -0.1) is 0 Å². The van der Waals surface area contributed by atoms with Gasteiger partial charge in [-0.25, -0.2) is 5.48 Å². The number of benzene rings is 2. The average molecular weight is 393 g/mol. The number of hydrogen-bond acceptors (Lipinski definition) is 4. The van der Waals surface area contributed by atoms with Gasteiger partial charge in [0.15, 0.2) is 0 Å². The van der Waals surface area contributed by atoms with Gasteiger partial charge in [0, 0.05) is 36.3 Å². The fourth-order valence-corrected chi connectivity index (χ4v) is 3.16. The molecule has 0 atom stereocenters. The fraction of sp³-hybridized carbons (Fsp3) is 0.227. The molecule has 2 aromatic carbocycles. The van der Waals surface area contributed by atoms with E-state index in [1.807, 2.05) is 48.5 Å². The molecular formula is C22H23N3O4. The highest BCUT2D eigenvalue weighted by atomic mass is 16.5. The third kappa shape index (κ3) is 5.52. The maximum atomic E-state index is 12.6. The van der Waals surface area contributed by atoms with Gasteiger partial charge in [0.1, 0.15) is 0 Å². The maximum Gasteiger partial charge on any atom is 0.255 e. The van der Waals surface area contributed by atoms with Crippen LogP contribution in [0.3, 0.4) is 0 Å². The van der Waals surface area contributed by atoms with E-state index in [-0.39, 0.29) is 18.2 Å². The van der Waals surface area contributed by atoms with E-state index >= 15 is 0 Å². The molecule has 7 nitrogen and oxygen atoms in total. The highest BCUT2D eigenvalue weighted by molar-refractivity contribution is 6.04. The van der Waals surface area contributed by atoms with Crippen LogP contribution in [0.15, 0.2) is 66.2 Å². The normalized spacial score (nSPS) is 13.6. The van der Waals surface area contributed by atoms with Crippen LogP contribution in [0.25, 0.3) is 0 Å². The second kappa shape index (κ2) is 9.66. The molecule has 0 saturated carbocycles. The SMILES string of the molecule is O=C(CCC1=CCCN(Cc2ccc(NC(=O)c3ccccc3)cc2)C1=O)NO. The van der Waals surface area contributed by atoms with Gasteiger partial charge in [0.05, 0.1) is 0 Å². The second-order valence-corrected chi connectivity index (χ2v) is 6.80. The van der Waals surface area contributed by atoms with Crippen LogP contribution in [0.5, 0.6) is 0 Å². The Bertz CT molecular complexity index is 907. The lowest BCUT2D eigenvalue weighted by molar-refractivity contribution is -0.129. The molecule has 3 N–H and O–H groups in total. The number of nitrogens with one attached hydrogen (secondary N) is 2. The average Bonchev–Trinajstić information content (AvgIpc) is 2.76. The molecule has 0 unspecified atom stereocenters. The van der Waals surface area contributed by atoms with Gasteiger partial charge >= 0.3 is 0 Å². The third-order valence-electron chi connectivity index (χ3n) is 4.72. The number of nitrogens with zero attached hydrogens (tertiary/aromatic N) is 1. The van der Waals surface area contributed by atoms with Crippen LogP contribution < -0.4 is 10.8 Å². The monoisotopic (exact) mass is 393 g/mol. The summed E-state index contributed by atoms with van der Waals surface area (Å²) in [7, 11) is 0. The largest absolute Gasteiger partial charge is 0.334 e. The highest BCUT2D eigenvalue weighted by Gasteiger charge is 2.22. The van der Waals surface area contributed by atoms with Crippen molar-refractivity contribution in [3.05, 3.63) is 77.4 Å². The molecule has 0 saturated heterocycles. The first-order chi connectivity index (χ1) is 14.1. The molecule has 1 aliphatic rings. The summed E-state index contributed by atoms with van der Waals surface area (Å²) >= 11 is 0. The molecule has 150 valence electrons. The lowest BCUT2D eigenvalue weighted by Crippen LogP contribution is -2.35. The van der Waals surface area contributed by atoms with Crippen molar-refractivity contribution in [1.82, 2.24) is 10.4 Å². The highest BCUT2D eigenvalue weighted by Crippen LogP contribution is 2.20. The molecule has 29 heavy (non-hydrogen) atoms. The quantitative estimate of drug-likeness (QED) is 0.498. The van der Waals surface area contributed by atoms with Gasteiger partial charge in [-0.1, -0.05) is 36.4 Å². The van der Waals surface area contributed by atoms with Gasteiger partial charge < -0.3 is 10.2 Å². The van der Waals surface area contributed by atoms with Crippen LogP contribution in [-0.2, 0) is 16.1 Å². The van der Waals surface area contributed by atoms with Gasteiger partial charge in [-0.3, -0.25) is 19.6 Å². The number of amides is 3. The van der Waals surface area contributed by atoms with Crippen molar-refractivity contribution in [3.63, 3.8) is 0 Å². The summed E-state index contributed by atoms with van der Waals surface area (Å²) in [6.45, 7) is 1.07. The van der Waals surface area contributed by atoms with Gasteiger partial charge in [-0.2, -0.15) is 0 Å². The van der Waals surface area contributed by atoms with E-state index in [0.717, 1.165) is 12.0 Å². The zero-order valence-corrected chi connectivity index (χ0v) is 15.9. The summed E-state index contributed by atoms with van der Waals surface area (Å²) in [5, 5.41) is 11.4. The lowest BCUT2D eigenvalue weighted by atomic mass is 10.0. The van der Waals surface area contributed by atoms with Crippen molar-refractivity contribution in [2.24, 2.45) is 0 Å². The molecule has 0 spiro atoms. The zero-order chi connectivity index (χ0) is 20.6. The van der Waals surface area contributed by atoms with E-state index < -0.39 is 5.91 Å². The molecule has 1 heterocycles. The van der Waals surface area contributed by atoms with Gasteiger partial charge in [-0.05, 0) is 42.7 Å². The maximum absolute atomic E-state index is 12.6. The Kier molecular flexibility index (Phi) is 6.76. The Morgan fingerprint density at radius 2 is 1.76 bits per heavy atom. The van der Waals surface area contributed by atoms with E-state index in [1.165, 1.54) is 0 Å². The topological polar surface area (TPSA) is 98.7 Å². The van der Waals surface area contributed by atoms with Crippen molar-refractivity contribution < 1.29 is 19.6 Å². The Labute approximate surface area is 169 Å². The van der Waals surface area contributed by atoms with Crippen LogP contribution in [0.2, 0.25) is 0 Å². The van der Waals surface area contributed by atoms with Crippen LogP contribution in [0.1, 0.15) is 35.2 Å². The van der Waals surface area contributed by atoms with Crippen molar-refractivity contribution in [2.45, 2.75) is 25.8 Å². The number of hydrogen-bond donors (Lipinski definition) is 3. The minimum Gasteiger partial charge on any atom is -0.334 e. The molecule has 7 heteroatoms. The molecule has 0 bridgehead atoms. The molecule has 0 radical (unpaired) electrons. The molecule has 0 aliphatic carbocycles. The van der Waals surface area contributed by atoms with E-state index in [2.05, 4.69) is 5.32 Å². The first kappa shape index (κ1) is 20.3. The Morgan fingerprint density at radius 1 is 1.03 bits per heavy atom. The molecular weight excluding hydrogens is 370 g/mol. The summed E-state index contributed by atoms with van der Waals surface area (Å²) in [4.78, 5) is 37.7. The summed E-state index contributed by atoms with van der Waals surface area (Å²) in [6.07, 6.45) is 2.95. The minimum atomic E-state index is -0.510. The first-order valence-corrected chi connectivity index (χ1v) is 9.43. The molecule has 2 aromatic rings. The zero-order valence-electron chi connectivity index (χ0n) is 15.9. The number of carbonyl (C=O) groups excluding carboxylic acids is 3. The number of rotatable bonds is 7. The number of anilines is 1. The molecule has 1 aliphatic heterocycles. The van der Waals surface area contributed by atoms with E-state index in [4.69, 9.17) is 5.21 Å². The van der Waals surface area contributed by atoms with Crippen LogP contribution in [0, 0.1) is 0 Å². The summed E-state index contributed by atoms with van der Waals surface area (Å²) in [5.74, 6) is -0.779. The van der Waals surface area contributed by atoms with E-state index in [0.29, 0.717) is 36.3 Å². The second-order valence-electron chi connectivity index (χ2n) is 6.80. The molecule has 0 aromatic heterocycles. The smallest absolute Gasteiger partial charge is 0.255 e. The number of carbonyl (C=O) groups is 3. The van der Waals surface area contributed by atoms with E-state index in [1.54, 1.807) is 22.5 Å². The van der Waals surface area contributed by atoms with Crippen LogP contribution in [0.4, 0.5) is 5.69 Å². The Balaban J connectivity index is 1.57. The van der Waals surface area contributed by atoms with Crippen molar-refractivity contribution in [1.29, 1.82) is 0 Å². The molecule has 3 rings (SSSR count).